The van der Waals surface area contributed by atoms with E-state index >= 15 is 0 Å². The first-order chi connectivity index (χ1) is 14.5. The maximum Gasteiger partial charge on any atom is 0.255 e. The van der Waals surface area contributed by atoms with Gasteiger partial charge in [-0.1, -0.05) is 0 Å². The van der Waals surface area contributed by atoms with Crippen molar-refractivity contribution in [3.05, 3.63) is 65.4 Å². The average molecular weight is 403 g/mol. The van der Waals surface area contributed by atoms with Gasteiger partial charge in [-0.05, 0) is 36.8 Å². The van der Waals surface area contributed by atoms with Gasteiger partial charge in [0.2, 0.25) is 0 Å². The number of nitriles is 1. The van der Waals surface area contributed by atoms with Gasteiger partial charge < -0.3 is 20.0 Å². The van der Waals surface area contributed by atoms with Crippen molar-refractivity contribution in [2.75, 3.05) is 13.1 Å². The summed E-state index contributed by atoms with van der Waals surface area (Å²) in [6.45, 7) is 2.65. The molecule has 150 valence electrons. The molecule has 0 unspecified atom stereocenters. The Balaban J connectivity index is 1.60. The molecule has 0 radical (unpaired) electrons. The fourth-order valence-electron chi connectivity index (χ4n) is 3.39. The maximum absolute atomic E-state index is 13.5. The molecule has 0 saturated carbocycles. The fourth-order valence-corrected chi connectivity index (χ4v) is 3.39. The number of carbonyl (C=O) groups is 1. The number of carbonyl (C=O) groups excluding carboxylic acids is 1. The van der Waals surface area contributed by atoms with E-state index in [0.717, 1.165) is 12.4 Å². The van der Waals surface area contributed by atoms with Crippen molar-refractivity contribution in [3.63, 3.8) is 0 Å². The normalized spacial score (nSPS) is 14.3. The van der Waals surface area contributed by atoms with E-state index in [9.17, 15) is 9.18 Å². The molecule has 1 amide bonds. The summed E-state index contributed by atoms with van der Waals surface area (Å²) < 4.78 is 19.4. The minimum atomic E-state index is -0.442. The van der Waals surface area contributed by atoms with Gasteiger partial charge in [0.1, 0.15) is 11.6 Å². The van der Waals surface area contributed by atoms with Crippen LogP contribution in [0.4, 0.5) is 4.39 Å². The Morgan fingerprint density at radius 2 is 2.23 bits per heavy atom. The molecule has 8 heteroatoms. The summed E-state index contributed by atoms with van der Waals surface area (Å²) in [6.07, 6.45) is 5.32. The number of fused-ring (bicyclic) bond motifs is 1. The van der Waals surface area contributed by atoms with Gasteiger partial charge in [0.15, 0.2) is 5.76 Å². The zero-order valence-electron chi connectivity index (χ0n) is 16.1. The molecule has 0 atom stereocenters. The number of ether oxygens (including phenoxy) is 1. The molecule has 1 aromatic carbocycles. The summed E-state index contributed by atoms with van der Waals surface area (Å²) in [5.41, 5.74) is 2.37. The van der Waals surface area contributed by atoms with E-state index in [4.69, 9.17) is 15.4 Å². The first-order valence-corrected chi connectivity index (χ1v) is 9.31. The molecule has 1 aliphatic rings. The zero-order valence-corrected chi connectivity index (χ0v) is 16.1. The summed E-state index contributed by atoms with van der Waals surface area (Å²) >= 11 is 0. The third-order valence-electron chi connectivity index (χ3n) is 5.05. The number of halogens is 1. The van der Waals surface area contributed by atoms with Crippen molar-refractivity contribution in [1.82, 2.24) is 14.9 Å². The number of aromatic amines is 1. The monoisotopic (exact) mass is 403 g/mol. The number of benzene rings is 1. The molecule has 1 saturated heterocycles. The highest BCUT2D eigenvalue weighted by molar-refractivity contribution is 5.97. The van der Waals surface area contributed by atoms with Gasteiger partial charge in [0.25, 0.3) is 5.91 Å². The largest absolute Gasteiger partial charge is 0.455 e. The lowest BCUT2D eigenvalue weighted by molar-refractivity contribution is 0.0577. The minimum Gasteiger partial charge on any atom is -0.455 e. The number of hydrogen-bond donors (Lipinski definition) is 2. The number of amides is 1. The van der Waals surface area contributed by atoms with Crippen LogP contribution in [0, 0.1) is 35.4 Å². The third-order valence-corrected chi connectivity index (χ3v) is 5.05. The van der Waals surface area contributed by atoms with Crippen molar-refractivity contribution in [2.24, 2.45) is 5.92 Å². The van der Waals surface area contributed by atoms with E-state index in [2.05, 4.69) is 16.0 Å². The van der Waals surface area contributed by atoms with Crippen molar-refractivity contribution >= 4 is 28.8 Å². The molecular formula is C22H18FN5O2. The van der Waals surface area contributed by atoms with E-state index in [1.807, 2.05) is 0 Å². The summed E-state index contributed by atoms with van der Waals surface area (Å²) in [5, 5.41) is 17.0. The second-order valence-corrected chi connectivity index (χ2v) is 7.05. The van der Waals surface area contributed by atoms with Gasteiger partial charge in [-0.3, -0.25) is 9.78 Å². The Hall–Kier alpha value is -3.99. The molecule has 0 spiro atoms. The molecule has 3 heterocycles. The maximum atomic E-state index is 13.5. The summed E-state index contributed by atoms with van der Waals surface area (Å²) in [6, 6.07) is 8.61. The van der Waals surface area contributed by atoms with Crippen LogP contribution in [-0.2, 0) is 0 Å². The molecule has 3 aromatic rings. The molecule has 2 N–H and O–H groups in total. The summed E-state index contributed by atoms with van der Waals surface area (Å²) in [4.78, 5) is 21.4. The second-order valence-electron chi connectivity index (χ2n) is 7.05. The number of nitrogens with zero attached hydrogens (tertiary/aromatic N) is 3. The highest BCUT2D eigenvalue weighted by atomic mass is 19.1. The van der Waals surface area contributed by atoms with Crippen LogP contribution in [0.5, 0.6) is 5.75 Å². The van der Waals surface area contributed by atoms with Gasteiger partial charge in [0.05, 0.1) is 35.0 Å². The second kappa shape index (κ2) is 7.79. The van der Waals surface area contributed by atoms with Gasteiger partial charge >= 0.3 is 0 Å². The SMILES string of the molecule is Cc1c(C(=O)N2CC(C#N)C2)c[nH]c1/C(=C\C=N)Oc1ccc2ncc(F)cc2c1. The molecule has 30 heavy (non-hydrogen) atoms. The quantitative estimate of drug-likeness (QED) is 0.501. The minimum absolute atomic E-state index is 0.114. The molecule has 2 aromatic heterocycles. The smallest absolute Gasteiger partial charge is 0.255 e. The van der Waals surface area contributed by atoms with Crippen LogP contribution in [0.15, 0.2) is 42.7 Å². The summed E-state index contributed by atoms with van der Waals surface area (Å²) in [7, 11) is 0. The number of rotatable bonds is 5. The molecule has 1 aliphatic heterocycles. The Kier molecular flexibility index (Phi) is 5.02. The molecule has 1 fully saturated rings. The van der Waals surface area contributed by atoms with Crippen LogP contribution >= 0.6 is 0 Å². The van der Waals surface area contributed by atoms with Gasteiger partial charge in [0, 0.05) is 37.0 Å². The standard InChI is InChI=1S/C22H18FN5O2/c1-13-18(22(29)28-11-14(8-25)12-28)10-27-21(13)20(4-5-24)30-17-2-3-19-15(7-17)6-16(23)9-26-19/h2-7,9-10,14,24,27H,11-12H2,1H3/b20-4+,24-5?. The number of pyridine rings is 1. The first kappa shape index (κ1) is 19.3. The van der Waals surface area contributed by atoms with Crippen molar-refractivity contribution in [2.45, 2.75) is 6.92 Å². The number of likely N-dealkylation sites (tertiary alicyclic amines) is 1. The number of allylic oxidation sites excluding steroid dienone is 1. The van der Waals surface area contributed by atoms with Crippen molar-refractivity contribution in [3.8, 4) is 11.8 Å². The van der Waals surface area contributed by atoms with Crippen LogP contribution in [0.2, 0.25) is 0 Å². The van der Waals surface area contributed by atoms with Gasteiger partial charge in [-0.25, -0.2) is 4.39 Å². The van der Waals surface area contributed by atoms with Gasteiger partial charge in [-0.15, -0.1) is 0 Å². The summed E-state index contributed by atoms with van der Waals surface area (Å²) in [5.74, 6) is 0.0933. The van der Waals surface area contributed by atoms with Crippen LogP contribution in [0.1, 0.15) is 21.6 Å². The predicted molar refractivity (Wildman–Crippen MR) is 110 cm³/mol. The third kappa shape index (κ3) is 3.53. The molecule has 4 rings (SSSR count). The lowest BCUT2D eigenvalue weighted by atomic mass is 10.00. The number of hydrogen-bond acceptors (Lipinski definition) is 5. The van der Waals surface area contributed by atoms with Crippen LogP contribution in [0.25, 0.3) is 16.7 Å². The number of H-pyrrole nitrogens is 1. The number of aromatic nitrogens is 2. The van der Waals surface area contributed by atoms with E-state index in [-0.39, 0.29) is 11.8 Å². The fraction of sp³-hybridized carbons (Fsp3) is 0.182. The molecular weight excluding hydrogens is 385 g/mol. The van der Waals surface area contributed by atoms with Crippen LogP contribution < -0.4 is 4.74 Å². The predicted octanol–water partition coefficient (Wildman–Crippen LogP) is 3.68. The number of nitrogens with one attached hydrogen (secondary N) is 2. The molecule has 0 aliphatic carbocycles. The van der Waals surface area contributed by atoms with Crippen molar-refractivity contribution in [1.29, 1.82) is 10.7 Å². The Bertz CT molecular complexity index is 1220. The van der Waals surface area contributed by atoms with Crippen molar-refractivity contribution < 1.29 is 13.9 Å². The lowest BCUT2D eigenvalue weighted by Gasteiger charge is -2.35. The zero-order chi connectivity index (χ0) is 21.3. The first-order valence-electron chi connectivity index (χ1n) is 9.31. The Labute approximate surface area is 171 Å². The Morgan fingerprint density at radius 1 is 1.43 bits per heavy atom. The molecule has 7 nitrogen and oxygen atoms in total. The van der Waals surface area contributed by atoms with E-state index in [0.29, 0.717) is 52.3 Å². The molecule has 0 bridgehead atoms. The van der Waals surface area contributed by atoms with E-state index in [1.165, 1.54) is 12.1 Å². The lowest BCUT2D eigenvalue weighted by Crippen LogP contribution is -2.49. The van der Waals surface area contributed by atoms with Crippen LogP contribution in [-0.4, -0.2) is 40.1 Å². The van der Waals surface area contributed by atoms with E-state index in [1.54, 1.807) is 36.2 Å². The highest BCUT2D eigenvalue weighted by Crippen LogP contribution is 2.28. The van der Waals surface area contributed by atoms with Gasteiger partial charge in [-0.2, -0.15) is 5.26 Å². The van der Waals surface area contributed by atoms with E-state index < -0.39 is 5.82 Å². The highest BCUT2D eigenvalue weighted by Gasteiger charge is 2.32. The Morgan fingerprint density at radius 3 is 2.97 bits per heavy atom. The average Bonchev–Trinajstić information content (AvgIpc) is 3.07. The topological polar surface area (TPSA) is 106 Å². The van der Waals surface area contributed by atoms with Crippen LogP contribution in [0.3, 0.4) is 0 Å².